The normalized spacial score (nSPS) is 10.3. The molecule has 1 aromatic carbocycles. The first-order valence-corrected chi connectivity index (χ1v) is 5.98. The molecular weight excluding hydrogens is 260 g/mol. The Labute approximate surface area is 115 Å². The van der Waals surface area contributed by atoms with Gasteiger partial charge in [0.05, 0.1) is 19.1 Å². The number of aromatic amines is 1. The predicted octanol–water partition coefficient (Wildman–Crippen LogP) is 1.38. The second kappa shape index (κ2) is 5.56. The third-order valence-electron chi connectivity index (χ3n) is 2.91. The second-order valence-corrected chi connectivity index (χ2v) is 4.25. The molecule has 2 rings (SSSR count). The van der Waals surface area contributed by atoms with Crippen molar-refractivity contribution in [2.24, 2.45) is 0 Å². The van der Waals surface area contributed by atoms with E-state index in [4.69, 9.17) is 9.84 Å². The topological polar surface area (TPSA) is 92.3 Å². The first-order chi connectivity index (χ1) is 9.52. The number of nitrogens with zero attached hydrogens (tertiary/aromatic N) is 1. The first-order valence-electron chi connectivity index (χ1n) is 5.98. The molecule has 2 N–H and O–H groups in total. The summed E-state index contributed by atoms with van der Waals surface area (Å²) in [4.78, 5) is 29.6. The molecule has 6 heteroatoms. The summed E-state index contributed by atoms with van der Waals surface area (Å²) in [5.74, 6) is -0.120. The molecule has 104 valence electrons. The largest absolute Gasteiger partial charge is 0.496 e. The monoisotopic (exact) mass is 274 g/mol. The minimum Gasteiger partial charge on any atom is -0.496 e. The van der Waals surface area contributed by atoms with Gasteiger partial charge in [-0.05, 0) is 19.1 Å². The third-order valence-corrected chi connectivity index (χ3v) is 2.91. The molecule has 0 unspecified atom stereocenters. The van der Waals surface area contributed by atoms with Gasteiger partial charge in [0.25, 0.3) is 5.56 Å². The molecule has 20 heavy (non-hydrogen) atoms. The number of rotatable bonds is 4. The van der Waals surface area contributed by atoms with Gasteiger partial charge in [0, 0.05) is 11.3 Å². The molecule has 0 fully saturated rings. The molecule has 2 aromatic rings. The van der Waals surface area contributed by atoms with Gasteiger partial charge < -0.3 is 14.8 Å². The number of carbonyl (C=O) groups is 1. The molecule has 0 aliphatic rings. The highest BCUT2D eigenvalue weighted by atomic mass is 16.5. The third kappa shape index (κ3) is 2.69. The SMILES string of the molecule is COc1ccccc1-c1nc(C)c(CC(=O)O)c(=O)[nH]1. The number of carboxylic acids is 1. The number of para-hydroxylation sites is 1. The minimum atomic E-state index is -1.06. The molecule has 0 saturated heterocycles. The maximum Gasteiger partial charge on any atom is 0.308 e. The molecule has 0 bridgehead atoms. The fourth-order valence-electron chi connectivity index (χ4n) is 1.94. The number of carboxylic acid groups (broad SMARTS) is 1. The van der Waals surface area contributed by atoms with Crippen LogP contribution in [0.2, 0.25) is 0 Å². The Kier molecular flexibility index (Phi) is 3.84. The maximum absolute atomic E-state index is 12.0. The van der Waals surface area contributed by atoms with Crippen LogP contribution in [0.1, 0.15) is 11.3 Å². The van der Waals surface area contributed by atoms with E-state index in [9.17, 15) is 9.59 Å². The van der Waals surface area contributed by atoms with Gasteiger partial charge in [0.1, 0.15) is 11.6 Å². The van der Waals surface area contributed by atoms with Crippen LogP contribution in [0, 0.1) is 6.92 Å². The summed E-state index contributed by atoms with van der Waals surface area (Å²) < 4.78 is 5.22. The summed E-state index contributed by atoms with van der Waals surface area (Å²) in [7, 11) is 1.53. The van der Waals surface area contributed by atoms with Crippen molar-refractivity contribution in [1.29, 1.82) is 0 Å². The van der Waals surface area contributed by atoms with Crippen molar-refractivity contribution in [3.8, 4) is 17.1 Å². The number of aliphatic carboxylic acids is 1. The summed E-state index contributed by atoms with van der Waals surface area (Å²) >= 11 is 0. The maximum atomic E-state index is 12.0. The van der Waals surface area contributed by atoms with Crippen molar-refractivity contribution in [1.82, 2.24) is 9.97 Å². The molecule has 6 nitrogen and oxygen atoms in total. The molecule has 0 aliphatic carbocycles. The van der Waals surface area contributed by atoms with Crippen molar-refractivity contribution < 1.29 is 14.6 Å². The van der Waals surface area contributed by atoms with Crippen LogP contribution in [-0.4, -0.2) is 28.2 Å². The highest BCUT2D eigenvalue weighted by molar-refractivity contribution is 5.71. The van der Waals surface area contributed by atoms with Gasteiger partial charge in [0.15, 0.2) is 0 Å². The van der Waals surface area contributed by atoms with Crippen LogP contribution in [0.5, 0.6) is 5.75 Å². The number of nitrogens with one attached hydrogen (secondary N) is 1. The van der Waals surface area contributed by atoms with Crippen molar-refractivity contribution in [2.45, 2.75) is 13.3 Å². The molecule has 0 spiro atoms. The van der Waals surface area contributed by atoms with E-state index in [0.717, 1.165) is 0 Å². The molecule has 0 saturated carbocycles. The Bertz CT molecular complexity index is 707. The number of H-pyrrole nitrogens is 1. The number of aromatic nitrogens is 2. The quantitative estimate of drug-likeness (QED) is 0.878. The fourth-order valence-corrected chi connectivity index (χ4v) is 1.94. The van der Waals surface area contributed by atoms with Crippen LogP contribution >= 0.6 is 0 Å². The van der Waals surface area contributed by atoms with Crippen LogP contribution in [0.25, 0.3) is 11.4 Å². The Morgan fingerprint density at radius 3 is 2.70 bits per heavy atom. The second-order valence-electron chi connectivity index (χ2n) is 4.25. The standard InChI is InChI=1S/C14H14N2O4/c1-8-10(7-12(17)18)14(19)16-13(15-8)9-5-3-4-6-11(9)20-2/h3-6H,7H2,1-2H3,(H,17,18)(H,15,16,19). The fraction of sp³-hybridized carbons (Fsp3) is 0.214. The summed E-state index contributed by atoms with van der Waals surface area (Å²) in [6.45, 7) is 1.62. The van der Waals surface area contributed by atoms with Gasteiger partial charge in [-0.25, -0.2) is 4.98 Å². The van der Waals surface area contributed by atoms with E-state index in [1.165, 1.54) is 7.11 Å². The average Bonchev–Trinajstić information content (AvgIpc) is 2.42. The molecule has 0 aliphatic heterocycles. The lowest BCUT2D eigenvalue weighted by Gasteiger charge is -2.09. The summed E-state index contributed by atoms with van der Waals surface area (Å²) in [6, 6.07) is 7.15. The zero-order valence-electron chi connectivity index (χ0n) is 11.1. The summed E-state index contributed by atoms with van der Waals surface area (Å²) in [5, 5.41) is 8.78. The van der Waals surface area contributed by atoms with E-state index in [2.05, 4.69) is 9.97 Å². The number of ether oxygens (including phenoxy) is 1. The predicted molar refractivity (Wildman–Crippen MR) is 72.9 cm³/mol. The van der Waals surface area contributed by atoms with Crippen LogP contribution < -0.4 is 10.3 Å². The van der Waals surface area contributed by atoms with E-state index in [0.29, 0.717) is 22.8 Å². The number of hydrogen-bond donors (Lipinski definition) is 2. The van der Waals surface area contributed by atoms with Crippen molar-refractivity contribution >= 4 is 5.97 Å². The summed E-state index contributed by atoms with van der Waals surface area (Å²) in [5.41, 5.74) is 0.770. The smallest absolute Gasteiger partial charge is 0.308 e. The van der Waals surface area contributed by atoms with Gasteiger partial charge in [-0.3, -0.25) is 9.59 Å². The molecular formula is C14H14N2O4. The Hall–Kier alpha value is -2.63. The molecule has 0 atom stereocenters. The van der Waals surface area contributed by atoms with Gasteiger partial charge in [-0.1, -0.05) is 12.1 Å². The molecule has 1 aromatic heterocycles. The average molecular weight is 274 g/mol. The van der Waals surface area contributed by atoms with Gasteiger partial charge >= 0.3 is 5.97 Å². The highest BCUT2D eigenvalue weighted by Gasteiger charge is 2.14. The molecule has 1 heterocycles. The van der Waals surface area contributed by atoms with Gasteiger partial charge in [-0.15, -0.1) is 0 Å². The van der Waals surface area contributed by atoms with Crippen molar-refractivity contribution in [2.75, 3.05) is 7.11 Å². The lowest BCUT2D eigenvalue weighted by atomic mass is 10.1. The summed E-state index contributed by atoms with van der Waals surface area (Å²) in [6.07, 6.45) is -0.347. The van der Waals surface area contributed by atoms with Crippen LogP contribution in [0.3, 0.4) is 0 Å². The number of benzene rings is 1. The molecule has 0 radical (unpaired) electrons. The highest BCUT2D eigenvalue weighted by Crippen LogP contribution is 2.26. The first kappa shape index (κ1) is 13.8. The van der Waals surface area contributed by atoms with E-state index < -0.39 is 11.5 Å². The van der Waals surface area contributed by atoms with E-state index in [1.54, 1.807) is 25.1 Å². The van der Waals surface area contributed by atoms with Crippen molar-refractivity contribution in [3.05, 3.63) is 45.9 Å². The zero-order chi connectivity index (χ0) is 14.7. The minimum absolute atomic E-state index is 0.163. The van der Waals surface area contributed by atoms with Gasteiger partial charge in [0.2, 0.25) is 0 Å². The number of methoxy groups -OCH3 is 1. The Morgan fingerprint density at radius 1 is 1.40 bits per heavy atom. The number of aryl methyl sites for hydroxylation is 1. The van der Waals surface area contributed by atoms with E-state index in [1.807, 2.05) is 6.07 Å². The van der Waals surface area contributed by atoms with Crippen LogP contribution in [0.15, 0.2) is 29.1 Å². The lowest BCUT2D eigenvalue weighted by Crippen LogP contribution is -2.20. The van der Waals surface area contributed by atoms with Crippen molar-refractivity contribution in [3.63, 3.8) is 0 Å². The van der Waals surface area contributed by atoms with E-state index >= 15 is 0 Å². The zero-order valence-corrected chi connectivity index (χ0v) is 11.1. The lowest BCUT2D eigenvalue weighted by molar-refractivity contribution is -0.136. The number of hydrogen-bond acceptors (Lipinski definition) is 4. The Balaban J connectivity index is 2.55. The van der Waals surface area contributed by atoms with Crippen LogP contribution in [-0.2, 0) is 11.2 Å². The van der Waals surface area contributed by atoms with E-state index in [-0.39, 0.29) is 12.0 Å². The van der Waals surface area contributed by atoms with Crippen LogP contribution in [0.4, 0.5) is 0 Å². The molecule has 0 amide bonds. The van der Waals surface area contributed by atoms with Gasteiger partial charge in [-0.2, -0.15) is 0 Å². The Morgan fingerprint density at radius 2 is 2.10 bits per heavy atom.